The number of benzene rings is 2. The van der Waals surface area contributed by atoms with E-state index in [1.807, 2.05) is 20.8 Å². The molecule has 5 nitrogen and oxygen atoms in total. The predicted octanol–water partition coefficient (Wildman–Crippen LogP) is 4.91. The van der Waals surface area contributed by atoms with Gasteiger partial charge in [0.25, 0.3) is 5.56 Å². The lowest BCUT2D eigenvalue weighted by molar-refractivity contribution is -0.274. The third-order valence-corrected chi connectivity index (χ3v) is 4.58. The van der Waals surface area contributed by atoms with Gasteiger partial charge in [0.05, 0.1) is 17.6 Å². The van der Waals surface area contributed by atoms with E-state index in [0.717, 1.165) is 0 Å². The minimum absolute atomic E-state index is 0.210. The monoisotopic (exact) mass is 420 g/mol. The molecule has 1 aromatic heterocycles. The number of hydrogen-bond acceptors (Lipinski definition) is 4. The molecule has 3 rings (SSSR count). The van der Waals surface area contributed by atoms with Crippen molar-refractivity contribution in [1.82, 2.24) is 9.55 Å². The maximum absolute atomic E-state index is 13.1. The summed E-state index contributed by atoms with van der Waals surface area (Å²) in [6.45, 7) is 6.43. The van der Waals surface area contributed by atoms with E-state index in [2.05, 4.69) is 9.72 Å². The third kappa shape index (κ3) is 4.81. The van der Waals surface area contributed by atoms with Gasteiger partial charge in [-0.3, -0.25) is 4.79 Å². The van der Waals surface area contributed by atoms with Crippen molar-refractivity contribution in [3.8, 4) is 16.9 Å². The molecule has 2 aromatic carbocycles. The first-order valence-electron chi connectivity index (χ1n) is 9.40. The predicted molar refractivity (Wildman–Crippen MR) is 109 cm³/mol. The SMILES string of the molecule is COCCn1c(=O)c(C(C)(C)C)nc2ccc(-c3cccc(OC(F)(F)F)c3)cc21. The molecule has 0 aliphatic heterocycles. The lowest BCUT2D eigenvalue weighted by Gasteiger charge is -2.20. The molecule has 160 valence electrons. The zero-order chi connectivity index (χ0) is 22.1. The van der Waals surface area contributed by atoms with E-state index in [0.29, 0.717) is 41.0 Å². The smallest absolute Gasteiger partial charge is 0.406 e. The first-order valence-corrected chi connectivity index (χ1v) is 9.40. The van der Waals surface area contributed by atoms with Gasteiger partial charge in [-0.1, -0.05) is 39.0 Å². The molecule has 0 saturated carbocycles. The number of hydrogen-bond donors (Lipinski definition) is 0. The van der Waals surface area contributed by atoms with E-state index < -0.39 is 11.8 Å². The van der Waals surface area contributed by atoms with Crippen LogP contribution in [0.25, 0.3) is 22.2 Å². The lowest BCUT2D eigenvalue weighted by atomic mass is 9.92. The summed E-state index contributed by atoms with van der Waals surface area (Å²) in [4.78, 5) is 17.7. The molecule has 0 spiro atoms. The standard InChI is InChI=1S/C22H23F3N2O3/c1-21(2,3)19-20(28)27(10-11-29-4)18-13-15(8-9-17(18)26-19)14-6-5-7-16(12-14)30-22(23,24)25/h5-9,12-13H,10-11H2,1-4H3. The minimum atomic E-state index is -4.77. The van der Waals surface area contributed by atoms with Gasteiger partial charge in [0.2, 0.25) is 0 Å². The Kier molecular flexibility index (Phi) is 5.90. The van der Waals surface area contributed by atoms with E-state index in [4.69, 9.17) is 4.74 Å². The van der Waals surface area contributed by atoms with Gasteiger partial charge in [0, 0.05) is 19.1 Å². The molecular weight excluding hydrogens is 397 g/mol. The molecule has 0 atom stereocenters. The highest BCUT2D eigenvalue weighted by atomic mass is 19.4. The number of alkyl halides is 3. The average Bonchev–Trinajstić information content (AvgIpc) is 2.64. The Morgan fingerprint density at radius 2 is 1.73 bits per heavy atom. The van der Waals surface area contributed by atoms with Crippen molar-refractivity contribution in [3.63, 3.8) is 0 Å². The Hall–Kier alpha value is -2.87. The van der Waals surface area contributed by atoms with Crippen LogP contribution in [0.5, 0.6) is 5.75 Å². The molecule has 0 radical (unpaired) electrons. The van der Waals surface area contributed by atoms with E-state index in [1.54, 1.807) is 35.9 Å². The van der Waals surface area contributed by atoms with Crippen molar-refractivity contribution in [2.24, 2.45) is 0 Å². The van der Waals surface area contributed by atoms with Crippen LogP contribution >= 0.6 is 0 Å². The molecule has 0 aliphatic rings. The van der Waals surface area contributed by atoms with Crippen LogP contribution in [0.1, 0.15) is 26.5 Å². The van der Waals surface area contributed by atoms with Crippen LogP contribution in [-0.2, 0) is 16.7 Å². The van der Waals surface area contributed by atoms with Gasteiger partial charge in [0.15, 0.2) is 0 Å². The van der Waals surface area contributed by atoms with Crippen molar-refractivity contribution in [3.05, 3.63) is 58.5 Å². The zero-order valence-electron chi connectivity index (χ0n) is 17.2. The number of rotatable bonds is 5. The highest BCUT2D eigenvalue weighted by Gasteiger charge is 2.31. The fourth-order valence-corrected chi connectivity index (χ4v) is 3.19. The molecule has 30 heavy (non-hydrogen) atoms. The summed E-state index contributed by atoms with van der Waals surface area (Å²) >= 11 is 0. The Morgan fingerprint density at radius 1 is 1.03 bits per heavy atom. The Bertz CT molecular complexity index is 1120. The molecule has 3 aromatic rings. The van der Waals surface area contributed by atoms with Crippen LogP contribution in [0.4, 0.5) is 13.2 Å². The molecule has 1 heterocycles. The summed E-state index contributed by atoms with van der Waals surface area (Å²) in [5.41, 5.74) is 2.18. The Labute approximate surface area is 172 Å². The number of methoxy groups -OCH3 is 1. The van der Waals surface area contributed by atoms with Gasteiger partial charge >= 0.3 is 6.36 Å². The first-order chi connectivity index (χ1) is 14.0. The first kappa shape index (κ1) is 21.8. The molecule has 0 aliphatic carbocycles. The highest BCUT2D eigenvalue weighted by Crippen LogP contribution is 2.30. The number of aromatic nitrogens is 2. The Balaban J connectivity index is 2.16. The van der Waals surface area contributed by atoms with Crippen LogP contribution in [-0.4, -0.2) is 29.6 Å². The van der Waals surface area contributed by atoms with Gasteiger partial charge in [-0.05, 0) is 35.4 Å². The summed E-state index contributed by atoms with van der Waals surface area (Å²) in [7, 11) is 1.55. The van der Waals surface area contributed by atoms with E-state index in [9.17, 15) is 18.0 Å². The Morgan fingerprint density at radius 3 is 2.37 bits per heavy atom. The second-order valence-corrected chi connectivity index (χ2v) is 7.94. The summed E-state index contributed by atoms with van der Waals surface area (Å²) in [6.07, 6.45) is -4.77. The molecule has 0 N–H and O–H groups in total. The summed E-state index contributed by atoms with van der Waals surface area (Å²) in [5.74, 6) is -0.307. The van der Waals surface area contributed by atoms with E-state index in [-0.39, 0.29) is 11.3 Å². The van der Waals surface area contributed by atoms with Crippen molar-refractivity contribution in [1.29, 1.82) is 0 Å². The molecule has 0 amide bonds. The number of nitrogens with zero attached hydrogens (tertiary/aromatic N) is 2. The van der Waals surface area contributed by atoms with Gasteiger partial charge in [-0.15, -0.1) is 13.2 Å². The van der Waals surface area contributed by atoms with Crippen LogP contribution < -0.4 is 10.3 Å². The zero-order valence-corrected chi connectivity index (χ0v) is 17.2. The maximum Gasteiger partial charge on any atom is 0.573 e. The second kappa shape index (κ2) is 8.10. The van der Waals surface area contributed by atoms with Crippen molar-refractivity contribution < 1.29 is 22.6 Å². The topological polar surface area (TPSA) is 53.4 Å². The van der Waals surface area contributed by atoms with E-state index in [1.165, 1.54) is 18.2 Å². The van der Waals surface area contributed by atoms with Crippen LogP contribution in [0, 0.1) is 0 Å². The van der Waals surface area contributed by atoms with Gasteiger partial charge in [-0.25, -0.2) is 4.98 Å². The third-order valence-electron chi connectivity index (χ3n) is 4.58. The molecule has 0 unspecified atom stereocenters. The average molecular weight is 420 g/mol. The fraction of sp³-hybridized carbons (Fsp3) is 0.364. The van der Waals surface area contributed by atoms with Gasteiger partial charge < -0.3 is 14.0 Å². The van der Waals surface area contributed by atoms with Crippen molar-refractivity contribution >= 4 is 11.0 Å². The largest absolute Gasteiger partial charge is 0.573 e. The maximum atomic E-state index is 13.1. The fourth-order valence-electron chi connectivity index (χ4n) is 3.19. The number of ether oxygens (including phenoxy) is 2. The van der Waals surface area contributed by atoms with E-state index >= 15 is 0 Å². The molecule has 0 saturated heterocycles. The minimum Gasteiger partial charge on any atom is -0.406 e. The quantitative estimate of drug-likeness (QED) is 0.589. The van der Waals surface area contributed by atoms with Crippen LogP contribution in [0.3, 0.4) is 0 Å². The molecule has 8 heteroatoms. The summed E-state index contributed by atoms with van der Waals surface area (Å²) < 4.78 is 48.4. The van der Waals surface area contributed by atoms with Crippen molar-refractivity contribution in [2.75, 3.05) is 13.7 Å². The molecule has 0 fully saturated rings. The van der Waals surface area contributed by atoms with Crippen LogP contribution in [0.15, 0.2) is 47.3 Å². The normalized spacial score (nSPS) is 12.4. The lowest BCUT2D eigenvalue weighted by Crippen LogP contribution is -2.33. The van der Waals surface area contributed by atoms with Crippen LogP contribution in [0.2, 0.25) is 0 Å². The van der Waals surface area contributed by atoms with Gasteiger partial charge in [-0.2, -0.15) is 0 Å². The highest BCUT2D eigenvalue weighted by molar-refractivity contribution is 5.82. The molecule has 0 bridgehead atoms. The van der Waals surface area contributed by atoms with Crippen molar-refractivity contribution in [2.45, 2.75) is 39.1 Å². The van der Waals surface area contributed by atoms with Gasteiger partial charge in [0.1, 0.15) is 11.4 Å². The summed E-state index contributed by atoms with van der Waals surface area (Å²) in [6, 6.07) is 11.0. The number of halogens is 3. The second-order valence-electron chi connectivity index (χ2n) is 7.94. The molecular formula is C22H23F3N2O3. The summed E-state index contributed by atoms with van der Waals surface area (Å²) in [5, 5.41) is 0. The number of fused-ring (bicyclic) bond motifs is 1.